The van der Waals surface area contributed by atoms with Crippen molar-refractivity contribution in [1.29, 1.82) is 0 Å². The summed E-state index contributed by atoms with van der Waals surface area (Å²) in [5, 5.41) is 13.2. The predicted molar refractivity (Wildman–Crippen MR) is 183 cm³/mol. The number of ether oxygens (including phenoxy) is 3. The minimum Gasteiger partial charge on any atom is -0.491 e. The monoisotopic (exact) mass is 686 g/mol. The quantitative estimate of drug-likeness (QED) is 0.179. The second-order valence-corrected chi connectivity index (χ2v) is 14.6. The Hall–Kier alpha value is -4.62. The number of thiophene rings is 1. The second-order valence-electron chi connectivity index (χ2n) is 13.6. The van der Waals surface area contributed by atoms with Crippen LogP contribution in [0.5, 0.6) is 0 Å². The summed E-state index contributed by atoms with van der Waals surface area (Å²) >= 11 is 1.47. The summed E-state index contributed by atoms with van der Waals surface area (Å²) < 4.78 is 53.4. The van der Waals surface area contributed by atoms with Gasteiger partial charge in [-0.05, 0) is 56.8 Å². The van der Waals surface area contributed by atoms with E-state index in [1.54, 1.807) is 4.90 Å². The van der Waals surface area contributed by atoms with Crippen LogP contribution in [0.25, 0.3) is 49.2 Å². The number of alkyl halides is 1. The number of hydrogen-bond donors (Lipinski definition) is 0. The van der Waals surface area contributed by atoms with Gasteiger partial charge in [0.25, 0.3) is 0 Å². The molecule has 49 heavy (non-hydrogen) atoms. The molecule has 3 bridgehead atoms. The SMILES string of the molecule is Cn1ncc2cc(-c3nc4c(c5sccc35)C3=C(C=C(F)CC3F)OCCOCC[C@@H]3Cn5nc-4cc5CN3C(=O)OC(C)(C)C)ccc21. The lowest BCUT2D eigenvalue weighted by Gasteiger charge is -2.37. The number of halogens is 2. The van der Waals surface area contributed by atoms with Crippen LogP contribution in [-0.4, -0.2) is 73.2 Å². The van der Waals surface area contributed by atoms with Gasteiger partial charge in [-0.3, -0.25) is 14.3 Å². The van der Waals surface area contributed by atoms with Crippen molar-refractivity contribution >= 4 is 44.0 Å². The molecule has 1 amide bonds. The maximum Gasteiger partial charge on any atom is 0.410 e. The van der Waals surface area contributed by atoms with Gasteiger partial charge >= 0.3 is 6.09 Å². The zero-order valence-corrected chi connectivity index (χ0v) is 28.5. The molecule has 0 saturated heterocycles. The molecule has 1 aliphatic carbocycles. The first kappa shape index (κ1) is 31.6. The maximum absolute atomic E-state index is 16.3. The number of hydrogen-bond acceptors (Lipinski definition) is 8. The fourth-order valence-corrected chi connectivity index (χ4v) is 7.82. The summed E-state index contributed by atoms with van der Waals surface area (Å²) in [7, 11) is 1.90. The van der Waals surface area contributed by atoms with Crippen molar-refractivity contribution in [3.63, 3.8) is 0 Å². The van der Waals surface area contributed by atoms with Crippen LogP contribution in [0.15, 0.2) is 59.6 Å². The Labute approximate surface area is 285 Å². The van der Waals surface area contributed by atoms with Crippen LogP contribution in [0.2, 0.25) is 0 Å². The van der Waals surface area contributed by atoms with Crippen molar-refractivity contribution in [2.75, 3.05) is 19.8 Å². The standard InChI is InChI=1S/C36H36F2N6O4S/c1-36(2,3)48-35(45)43-18-24-16-27-33-31(34-25(8-12-49-34)32(40-33)20-5-6-28-21(13-20)17-39-42(28)4)30-26(38)14-22(37)15-29(30)47-11-10-46-9-7-23(43)19-44(24)41-27/h5-6,8,12-13,15-17,23,26H,7,9-11,14,18-19H2,1-4H3/t23-,26?/m1/s1. The molecule has 0 spiro atoms. The van der Waals surface area contributed by atoms with E-state index in [0.717, 1.165) is 32.2 Å². The van der Waals surface area contributed by atoms with Gasteiger partial charge < -0.3 is 14.2 Å². The zero-order chi connectivity index (χ0) is 34.0. The summed E-state index contributed by atoms with van der Waals surface area (Å²) in [4.78, 5) is 20.5. The van der Waals surface area contributed by atoms with E-state index in [1.165, 1.54) is 17.4 Å². The van der Waals surface area contributed by atoms with Crippen molar-refractivity contribution in [2.24, 2.45) is 7.05 Å². The van der Waals surface area contributed by atoms with E-state index in [4.69, 9.17) is 24.3 Å². The van der Waals surface area contributed by atoms with Crippen LogP contribution < -0.4 is 0 Å². The van der Waals surface area contributed by atoms with Gasteiger partial charge in [0, 0.05) is 58.3 Å². The van der Waals surface area contributed by atoms with E-state index in [-0.39, 0.29) is 37.1 Å². The number of fused-ring (bicyclic) bond motifs is 8. The van der Waals surface area contributed by atoms with Crippen LogP contribution >= 0.6 is 11.3 Å². The number of allylic oxidation sites excluding steroid dienone is 3. The molecule has 0 saturated carbocycles. The number of nitrogens with zero attached hydrogens (tertiary/aromatic N) is 6. The predicted octanol–water partition coefficient (Wildman–Crippen LogP) is 7.58. The summed E-state index contributed by atoms with van der Waals surface area (Å²) in [6.45, 7) is 6.87. The second kappa shape index (κ2) is 12.1. The molecule has 0 radical (unpaired) electrons. The fourth-order valence-electron chi connectivity index (χ4n) is 6.87. The average molecular weight is 687 g/mol. The van der Waals surface area contributed by atoms with Crippen molar-refractivity contribution in [3.05, 3.63) is 70.8 Å². The highest BCUT2D eigenvalue weighted by atomic mass is 32.1. The molecule has 8 rings (SSSR count). The highest BCUT2D eigenvalue weighted by molar-refractivity contribution is 7.17. The highest BCUT2D eigenvalue weighted by Crippen LogP contribution is 2.46. The zero-order valence-electron chi connectivity index (χ0n) is 27.7. The normalized spacial score (nSPS) is 20.0. The molecule has 6 heterocycles. The lowest BCUT2D eigenvalue weighted by atomic mass is 9.90. The molecule has 5 aromatic rings. The topological polar surface area (TPSA) is 96.5 Å². The third-order valence-corrected chi connectivity index (χ3v) is 10.0. The van der Waals surface area contributed by atoms with Crippen molar-refractivity contribution in [1.82, 2.24) is 29.4 Å². The lowest BCUT2D eigenvalue weighted by Crippen LogP contribution is -2.48. The van der Waals surface area contributed by atoms with Crippen LogP contribution in [0.1, 0.15) is 44.9 Å². The van der Waals surface area contributed by atoms with Gasteiger partial charge in [-0.2, -0.15) is 10.2 Å². The van der Waals surface area contributed by atoms with Gasteiger partial charge in [-0.15, -0.1) is 11.3 Å². The number of amides is 1. The van der Waals surface area contributed by atoms with Gasteiger partial charge in [0.2, 0.25) is 0 Å². The Morgan fingerprint density at radius 1 is 1.12 bits per heavy atom. The molecule has 1 aromatic carbocycles. The molecular formula is C36H36F2N6O4S. The van der Waals surface area contributed by atoms with E-state index in [9.17, 15) is 9.18 Å². The van der Waals surface area contributed by atoms with E-state index in [2.05, 4.69) is 5.10 Å². The number of aryl methyl sites for hydroxylation is 1. The molecule has 4 aromatic heterocycles. The van der Waals surface area contributed by atoms with Gasteiger partial charge in [0.05, 0.1) is 48.8 Å². The Bertz CT molecular complexity index is 2180. The average Bonchev–Trinajstić information content (AvgIpc) is 3.79. The molecular weight excluding hydrogens is 650 g/mol. The van der Waals surface area contributed by atoms with Gasteiger partial charge in [0.15, 0.2) is 0 Å². The smallest absolute Gasteiger partial charge is 0.410 e. The molecule has 3 aliphatic rings. The lowest BCUT2D eigenvalue weighted by molar-refractivity contribution is -0.000722. The number of carbonyl (C=O) groups excluding carboxylic acids is 1. The largest absolute Gasteiger partial charge is 0.491 e. The van der Waals surface area contributed by atoms with Gasteiger partial charge in [-0.25, -0.2) is 18.6 Å². The Balaban J connectivity index is 1.36. The van der Waals surface area contributed by atoms with Crippen LogP contribution in [0.3, 0.4) is 0 Å². The molecule has 0 N–H and O–H groups in total. The Morgan fingerprint density at radius 2 is 1.98 bits per heavy atom. The molecule has 2 atom stereocenters. The maximum atomic E-state index is 16.3. The summed E-state index contributed by atoms with van der Waals surface area (Å²) in [6.07, 6.45) is 1.14. The minimum atomic E-state index is -1.68. The molecule has 0 fully saturated rings. The van der Waals surface area contributed by atoms with E-state index >= 15 is 4.39 Å². The van der Waals surface area contributed by atoms with Crippen molar-refractivity contribution < 1.29 is 27.8 Å². The molecule has 2 aliphatic heterocycles. The van der Waals surface area contributed by atoms with Crippen LogP contribution in [0, 0.1) is 0 Å². The number of pyridine rings is 1. The number of aromatic nitrogens is 5. The summed E-state index contributed by atoms with van der Waals surface area (Å²) in [5.74, 6) is -0.466. The first-order valence-corrected chi connectivity index (χ1v) is 17.3. The van der Waals surface area contributed by atoms with Crippen LogP contribution in [0.4, 0.5) is 13.6 Å². The minimum absolute atomic E-state index is 0.0897. The molecule has 254 valence electrons. The molecule has 1 unspecified atom stereocenters. The van der Waals surface area contributed by atoms with Gasteiger partial charge in [0.1, 0.15) is 41.4 Å². The van der Waals surface area contributed by atoms with E-state index in [0.29, 0.717) is 42.2 Å². The fraction of sp³-hybridized carbons (Fsp3) is 0.389. The van der Waals surface area contributed by atoms with Gasteiger partial charge in [-0.1, -0.05) is 6.07 Å². The highest BCUT2D eigenvalue weighted by Gasteiger charge is 2.36. The third-order valence-electron chi connectivity index (χ3n) is 9.11. The third kappa shape index (κ3) is 5.78. The first-order valence-electron chi connectivity index (χ1n) is 16.4. The molecule has 13 heteroatoms. The Morgan fingerprint density at radius 3 is 2.82 bits per heavy atom. The van der Waals surface area contributed by atoms with E-state index < -0.39 is 30.1 Å². The number of carbonyl (C=O) groups is 1. The number of benzene rings is 1. The first-order chi connectivity index (χ1) is 23.5. The number of rotatable bonds is 1. The van der Waals surface area contributed by atoms with Crippen molar-refractivity contribution in [3.8, 4) is 22.6 Å². The van der Waals surface area contributed by atoms with Crippen molar-refractivity contribution in [2.45, 2.75) is 64.5 Å². The summed E-state index contributed by atoms with van der Waals surface area (Å²) in [6, 6.07) is 9.71. The van der Waals surface area contributed by atoms with E-state index in [1.807, 2.05) is 79.1 Å². The summed E-state index contributed by atoms with van der Waals surface area (Å²) in [5.41, 5.74) is 4.43. The Kier molecular flexibility index (Phi) is 7.79. The van der Waals surface area contributed by atoms with Crippen LogP contribution in [-0.2, 0) is 34.3 Å². The molecule has 10 nitrogen and oxygen atoms in total.